The zero-order chi connectivity index (χ0) is 18.1. The topological polar surface area (TPSA) is 60.4 Å². The van der Waals surface area contributed by atoms with Crippen LogP contribution >= 0.6 is 0 Å². The van der Waals surface area contributed by atoms with E-state index in [1.165, 1.54) is 17.7 Å². The number of hydrogen-bond acceptors (Lipinski definition) is 2. The Bertz CT molecular complexity index is 752. The maximum Gasteiger partial charge on any atom is 0.335 e. The van der Waals surface area contributed by atoms with Crippen molar-refractivity contribution in [3.8, 4) is 16.9 Å². The summed E-state index contributed by atoms with van der Waals surface area (Å²) in [6.07, 6.45) is 0.994. The zero-order valence-electron chi connectivity index (χ0n) is 15.0. The maximum absolute atomic E-state index is 12.1. The standard InChI is InChI=1S/C21H26O3/c1-20(2,3)13-21(4,5)17-9-7-6-8-15(17)14-10-11-16(19(23)24)18(22)12-14/h6-12,22H,13H2,1-5H3,(H,23,24)/p-1. The Morgan fingerprint density at radius 2 is 1.67 bits per heavy atom. The van der Waals surface area contributed by atoms with E-state index in [1.807, 2.05) is 18.2 Å². The molecule has 1 N–H and O–H groups in total. The molecule has 3 nitrogen and oxygen atoms in total. The average molecular weight is 325 g/mol. The molecule has 0 heterocycles. The van der Waals surface area contributed by atoms with E-state index in [1.54, 1.807) is 6.07 Å². The van der Waals surface area contributed by atoms with Crippen molar-refractivity contribution in [1.82, 2.24) is 0 Å². The summed E-state index contributed by atoms with van der Waals surface area (Å²) in [6.45, 7) is 11.1. The lowest BCUT2D eigenvalue weighted by molar-refractivity contribution is -0.268. The molecule has 0 aliphatic carbocycles. The van der Waals surface area contributed by atoms with Gasteiger partial charge in [0.25, 0.3) is 0 Å². The van der Waals surface area contributed by atoms with Crippen molar-refractivity contribution in [3.05, 3.63) is 53.6 Å². The summed E-state index contributed by atoms with van der Waals surface area (Å²) in [5.41, 5.74) is 2.84. The minimum atomic E-state index is -1.19. The van der Waals surface area contributed by atoms with E-state index in [-0.39, 0.29) is 16.4 Å². The Kier molecular flexibility index (Phi) is 4.75. The van der Waals surface area contributed by atoms with E-state index >= 15 is 0 Å². The quantitative estimate of drug-likeness (QED) is 0.875. The van der Waals surface area contributed by atoms with Crippen LogP contribution in [0.15, 0.2) is 42.5 Å². The molecule has 0 atom stereocenters. The Morgan fingerprint density at radius 3 is 2.21 bits per heavy atom. The zero-order valence-corrected chi connectivity index (χ0v) is 15.0. The van der Waals surface area contributed by atoms with Crippen molar-refractivity contribution in [1.29, 1.82) is 0 Å². The minimum Gasteiger partial charge on any atom is -0.872 e. The molecular weight excluding hydrogens is 300 g/mol. The predicted molar refractivity (Wildman–Crippen MR) is 95.4 cm³/mol. The lowest BCUT2D eigenvalue weighted by Crippen LogP contribution is -2.25. The van der Waals surface area contributed by atoms with Gasteiger partial charge in [0.2, 0.25) is 0 Å². The number of aromatic carboxylic acids is 1. The number of carboxylic acid groups (broad SMARTS) is 1. The molecule has 0 bridgehead atoms. The average Bonchev–Trinajstić information content (AvgIpc) is 2.44. The molecule has 2 rings (SSSR count). The predicted octanol–water partition coefficient (Wildman–Crippen LogP) is 4.84. The molecule has 0 aliphatic rings. The third-order valence-corrected chi connectivity index (χ3v) is 4.15. The van der Waals surface area contributed by atoms with Gasteiger partial charge in [-0.25, -0.2) is 4.79 Å². The summed E-state index contributed by atoms with van der Waals surface area (Å²) in [5.74, 6) is -1.64. The SMILES string of the molecule is CC(C)(C)CC(C)(C)c1ccccc1-c1ccc(C(=O)O)c([O-])c1. The van der Waals surface area contributed by atoms with Crippen molar-refractivity contribution in [2.45, 2.75) is 46.5 Å². The van der Waals surface area contributed by atoms with Crippen molar-refractivity contribution in [2.75, 3.05) is 0 Å². The normalized spacial score (nSPS) is 12.2. The smallest absolute Gasteiger partial charge is 0.335 e. The minimum absolute atomic E-state index is 0.0661. The molecule has 0 unspecified atom stereocenters. The highest BCUT2D eigenvalue weighted by Gasteiger charge is 2.29. The molecule has 0 aromatic heterocycles. The van der Waals surface area contributed by atoms with E-state index in [0.717, 1.165) is 17.5 Å². The molecule has 0 saturated heterocycles. The fraction of sp³-hybridized carbons (Fsp3) is 0.381. The van der Waals surface area contributed by atoms with Crippen LogP contribution in [0, 0.1) is 5.41 Å². The van der Waals surface area contributed by atoms with Crippen LogP contribution in [0.2, 0.25) is 0 Å². The summed E-state index contributed by atoms with van der Waals surface area (Å²) < 4.78 is 0. The summed E-state index contributed by atoms with van der Waals surface area (Å²) in [5, 5.41) is 21.1. The second-order valence-electron chi connectivity index (χ2n) is 8.18. The molecule has 24 heavy (non-hydrogen) atoms. The Labute approximate surface area is 144 Å². The lowest BCUT2D eigenvalue weighted by Gasteiger charge is -2.34. The van der Waals surface area contributed by atoms with Crippen LogP contribution < -0.4 is 5.11 Å². The molecule has 0 saturated carbocycles. The molecule has 0 spiro atoms. The number of carboxylic acids is 1. The van der Waals surface area contributed by atoms with Gasteiger partial charge in [-0.05, 0) is 40.0 Å². The molecule has 0 amide bonds. The van der Waals surface area contributed by atoms with Gasteiger partial charge in [-0.1, -0.05) is 76.8 Å². The molecule has 0 radical (unpaired) electrons. The van der Waals surface area contributed by atoms with Crippen LogP contribution in [0.25, 0.3) is 11.1 Å². The molecule has 3 heteroatoms. The highest BCUT2D eigenvalue weighted by molar-refractivity contribution is 5.91. The third kappa shape index (κ3) is 3.97. The fourth-order valence-corrected chi connectivity index (χ4v) is 3.61. The molecule has 0 fully saturated rings. The van der Waals surface area contributed by atoms with Crippen LogP contribution in [-0.2, 0) is 5.41 Å². The second-order valence-corrected chi connectivity index (χ2v) is 8.18. The van der Waals surface area contributed by atoms with E-state index in [2.05, 4.69) is 40.7 Å². The van der Waals surface area contributed by atoms with E-state index in [0.29, 0.717) is 0 Å². The summed E-state index contributed by atoms with van der Waals surface area (Å²) >= 11 is 0. The number of hydrogen-bond donors (Lipinski definition) is 1. The molecule has 2 aromatic rings. The molecule has 2 aromatic carbocycles. The van der Waals surface area contributed by atoms with Gasteiger partial charge < -0.3 is 10.2 Å². The van der Waals surface area contributed by atoms with Gasteiger partial charge >= 0.3 is 5.97 Å². The van der Waals surface area contributed by atoms with E-state index in [9.17, 15) is 9.90 Å². The van der Waals surface area contributed by atoms with E-state index in [4.69, 9.17) is 5.11 Å². The first-order valence-corrected chi connectivity index (χ1v) is 8.15. The van der Waals surface area contributed by atoms with Gasteiger partial charge in [-0.3, -0.25) is 0 Å². The monoisotopic (exact) mass is 325 g/mol. The Morgan fingerprint density at radius 1 is 1.04 bits per heavy atom. The van der Waals surface area contributed by atoms with Crippen molar-refractivity contribution in [3.63, 3.8) is 0 Å². The van der Waals surface area contributed by atoms with Crippen LogP contribution in [0.1, 0.15) is 57.0 Å². The third-order valence-electron chi connectivity index (χ3n) is 4.15. The van der Waals surface area contributed by atoms with Gasteiger partial charge in [0.1, 0.15) is 0 Å². The molecule has 128 valence electrons. The van der Waals surface area contributed by atoms with Gasteiger partial charge in [-0.2, -0.15) is 0 Å². The first-order chi connectivity index (χ1) is 11.0. The van der Waals surface area contributed by atoms with Gasteiger partial charge in [0, 0.05) is 0 Å². The number of rotatable bonds is 4. The van der Waals surface area contributed by atoms with Crippen molar-refractivity contribution in [2.24, 2.45) is 5.41 Å². The summed E-state index contributed by atoms with van der Waals surface area (Å²) in [4.78, 5) is 11.1. The maximum atomic E-state index is 12.1. The number of benzene rings is 2. The highest BCUT2D eigenvalue weighted by Crippen LogP contribution is 2.41. The number of carbonyl (C=O) groups is 1. The highest BCUT2D eigenvalue weighted by atomic mass is 16.4. The van der Waals surface area contributed by atoms with Crippen LogP contribution in [0.4, 0.5) is 0 Å². The Balaban J connectivity index is 2.54. The Hall–Kier alpha value is -2.29. The van der Waals surface area contributed by atoms with Crippen LogP contribution in [0.5, 0.6) is 5.75 Å². The van der Waals surface area contributed by atoms with Crippen molar-refractivity contribution < 1.29 is 15.0 Å². The van der Waals surface area contributed by atoms with Crippen LogP contribution in [-0.4, -0.2) is 11.1 Å². The molecular formula is C21H25O3-. The first-order valence-electron chi connectivity index (χ1n) is 8.15. The summed E-state index contributed by atoms with van der Waals surface area (Å²) in [7, 11) is 0. The first kappa shape index (κ1) is 18.1. The fourth-order valence-electron chi connectivity index (χ4n) is 3.61. The second kappa shape index (κ2) is 6.31. The van der Waals surface area contributed by atoms with Gasteiger partial charge in [0.15, 0.2) is 0 Å². The summed E-state index contributed by atoms with van der Waals surface area (Å²) in [6, 6.07) is 12.6. The molecule has 0 aliphatic heterocycles. The van der Waals surface area contributed by atoms with Gasteiger partial charge in [-0.15, -0.1) is 0 Å². The van der Waals surface area contributed by atoms with Gasteiger partial charge in [0.05, 0.1) is 5.56 Å². The lowest BCUT2D eigenvalue weighted by atomic mass is 9.70. The largest absolute Gasteiger partial charge is 0.872 e. The van der Waals surface area contributed by atoms with Crippen LogP contribution in [0.3, 0.4) is 0 Å². The van der Waals surface area contributed by atoms with E-state index < -0.39 is 11.7 Å². The van der Waals surface area contributed by atoms with Crippen molar-refractivity contribution >= 4 is 5.97 Å².